The van der Waals surface area contributed by atoms with Gasteiger partial charge in [0.2, 0.25) is 0 Å². The maximum Gasteiger partial charge on any atom is 0.255 e. The molecule has 0 bridgehead atoms. The fraction of sp³-hybridized carbons (Fsp3) is 0.217. The number of hydrogen-bond donors (Lipinski definition) is 3. The van der Waals surface area contributed by atoms with E-state index in [0.717, 1.165) is 22.4 Å². The Labute approximate surface area is 176 Å². The average Bonchev–Trinajstić information content (AvgIpc) is 2.68. The first-order valence-electron chi connectivity index (χ1n) is 9.40. The number of nitrogens with one attached hydrogen (secondary N) is 3. The number of para-hydroxylation sites is 1. The lowest BCUT2D eigenvalue weighted by molar-refractivity contribution is -0.113. The Kier molecular flexibility index (Phi) is 6.34. The summed E-state index contributed by atoms with van der Waals surface area (Å²) in [5.41, 5.74) is 5.05. The van der Waals surface area contributed by atoms with Crippen LogP contribution in [0.3, 0.4) is 0 Å². The van der Waals surface area contributed by atoms with Gasteiger partial charge in [-0.05, 0) is 50.7 Å². The van der Waals surface area contributed by atoms with Gasteiger partial charge in [0.05, 0.1) is 11.6 Å². The molecule has 150 valence electrons. The maximum absolute atomic E-state index is 13.3. The molecule has 1 aliphatic rings. The summed E-state index contributed by atoms with van der Waals surface area (Å²) in [7, 11) is 0. The highest BCUT2D eigenvalue weighted by atomic mass is 32.1. The number of anilines is 1. The first-order chi connectivity index (χ1) is 13.9. The van der Waals surface area contributed by atoms with Crippen molar-refractivity contribution in [2.24, 2.45) is 0 Å². The van der Waals surface area contributed by atoms with Gasteiger partial charge in [-0.1, -0.05) is 48.6 Å². The van der Waals surface area contributed by atoms with Crippen LogP contribution in [0.5, 0.6) is 5.75 Å². The molecule has 1 heterocycles. The molecule has 0 aliphatic carbocycles. The van der Waals surface area contributed by atoms with Crippen LogP contribution in [-0.4, -0.2) is 17.6 Å². The van der Waals surface area contributed by atoms with Crippen molar-refractivity contribution in [1.82, 2.24) is 10.6 Å². The van der Waals surface area contributed by atoms with Gasteiger partial charge in [-0.15, -0.1) is 0 Å². The highest BCUT2D eigenvalue weighted by molar-refractivity contribution is 7.80. The lowest BCUT2D eigenvalue weighted by Crippen LogP contribution is -2.45. The molecule has 1 atom stereocenters. The first kappa shape index (κ1) is 20.6. The molecule has 2 aromatic rings. The first-order valence-corrected chi connectivity index (χ1v) is 9.81. The Morgan fingerprint density at radius 3 is 2.72 bits per heavy atom. The van der Waals surface area contributed by atoms with Crippen molar-refractivity contribution in [1.29, 1.82) is 0 Å². The number of thiocarbonyl (C=S) groups is 1. The molecule has 1 amide bonds. The summed E-state index contributed by atoms with van der Waals surface area (Å²) in [5, 5.41) is 9.78. The fourth-order valence-corrected chi connectivity index (χ4v) is 3.64. The van der Waals surface area contributed by atoms with E-state index in [9.17, 15) is 4.79 Å². The molecule has 1 aliphatic heterocycles. The van der Waals surface area contributed by atoms with Crippen molar-refractivity contribution in [2.45, 2.75) is 26.8 Å². The van der Waals surface area contributed by atoms with Crippen LogP contribution in [-0.2, 0) is 4.79 Å². The minimum atomic E-state index is -0.435. The van der Waals surface area contributed by atoms with E-state index >= 15 is 0 Å². The Bertz CT molecular complexity index is 997. The number of carbonyl (C=O) groups excluding carboxylic acids is 1. The Hall–Kier alpha value is -3.12. The van der Waals surface area contributed by atoms with Crippen molar-refractivity contribution in [3.63, 3.8) is 0 Å². The van der Waals surface area contributed by atoms with Crippen molar-refractivity contribution in [3.8, 4) is 5.75 Å². The Balaban J connectivity index is 1.98. The van der Waals surface area contributed by atoms with Crippen molar-refractivity contribution >= 4 is 28.9 Å². The summed E-state index contributed by atoms with van der Waals surface area (Å²) in [5.74, 6) is 0.486. The van der Waals surface area contributed by atoms with E-state index in [1.807, 2.05) is 63.2 Å². The van der Waals surface area contributed by atoms with E-state index in [4.69, 9.17) is 17.0 Å². The molecule has 6 heteroatoms. The quantitative estimate of drug-likeness (QED) is 0.492. The fourth-order valence-electron chi connectivity index (χ4n) is 3.37. The molecular weight excluding hydrogens is 382 g/mol. The summed E-state index contributed by atoms with van der Waals surface area (Å²) in [6.45, 7) is 9.93. The molecule has 0 fully saturated rings. The van der Waals surface area contributed by atoms with Gasteiger partial charge in [-0.2, -0.15) is 0 Å². The number of aryl methyl sites for hydroxylation is 2. The maximum atomic E-state index is 13.3. The van der Waals surface area contributed by atoms with Crippen LogP contribution in [0.25, 0.3) is 0 Å². The van der Waals surface area contributed by atoms with Gasteiger partial charge in [0.1, 0.15) is 12.4 Å². The van der Waals surface area contributed by atoms with E-state index in [-0.39, 0.29) is 5.91 Å². The smallest absolute Gasteiger partial charge is 0.255 e. The minimum absolute atomic E-state index is 0.194. The van der Waals surface area contributed by atoms with E-state index in [2.05, 4.69) is 22.5 Å². The molecule has 0 radical (unpaired) electrons. The third-order valence-electron chi connectivity index (χ3n) is 4.73. The summed E-state index contributed by atoms with van der Waals surface area (Å²) < 4.78 is 5.81. The molecule has 0 aromatic heterocycles. The predicted molar refractivity (Wildman–Crippen MR) is 121 cm³/mol. The highest BCUT2D eigenvalue weighted by Crippen LogP contribution is 2.34. The number of carbonyl (C=O) groups is 1. The summed E-state index contributed by atoms with van der Waals surface area (Å²) >= 11 is 5.35. The summed E-state index contributed by atoms with van der Waals surface area (Å²) in [6.07, 6.45) is 1.69. The van der Waals surface area contributed by atoms with Crippen LogP contribution < -0.4 is 20.7 Å². The molecule has 0 spiro atoms. The highest BCUT2D eigenvalue weighted by Gasteiger charge is 2.31. The van der Waals surface area contributed by atoms with Crippen molar-refractivity contribution < 1.29 is 9.53 Å². The summed E-state index contributed by atoms with van der Waals surface area (Å²) in [4.78, 5) is 13.3. The molecule has 0 saturated carbocycles. The number of benzene rings is 2. The van der Waals surface area contributed by atoms with Crippen LogP contribution in [0.15, 0.2) is 66.4 Å². The molecular formula is C23H25N3O2S. The van der Waals surface area contributed by atoms with Gasteiger partial charge in [-0.25, -0.2) is 0 Å². The normalized spacial score (nSPS) is 16.0. The zero-order valence-corrected chi connectivity index (χ0v) is 17.7. The van der Waals surface area contributed by atoms with Gasteiger partial charge >= 0.3 is 0 Å². The third-order valence-corrected chi connectivity index (χ3v) is 4.95. The van der Waals surface area contributed by atoms with E-state index in [1.54, 1.807) is 6.08 Å². The number of rotatable bonds is 6. The number of amides is 1. The zero-order chi connectivity index (χ0) is 21.0. The third kappa shape index (κ3) is 4.66. The van der Waals surface area contributed by atoms with E-state index in [1.165, 1.54) is 0 Å². The Morgan fingerprint density at radius 1 is 1.24 bits per heavy atom. The second-order valence-corrected chi connectivity index (χ2v) is 7.39. The molecule has 3 N–H and O–H groups in total. The number of hydrogen-bond acceptors (Lipinski definition) is 3. The van der Waals surface area contributed by atoms with Gasteiger partial charge in [0.15, 0.2) is 5.11 Å². The van der Waals surface area contributed by atoms with Crippen LogP contribution in [0.2, 0.25) is 0 Å². The van der Waals surface area contributed by atoms with E-state index < -0.39 is 6.04 Å². The zero-order valence-electron chi connectivity index (χ0n) is 16.8. The predicted octanol–water partition coefficient (Wildman–Crippen LogP) is 4.30. The van der Waals surface area contributed by atoms with Gasteiger partial charge in [0.25, 0.3) is 5.91 Å². The summed E-state index contributed by atoms with van der Waals surface area (Å²) in [6, 6.07) is 13.1. The molecule has 2 aromatic carbocycles. The topological polar surface area (TPSA) is 62.4 Å². The number of allylic oxidation sites excluding steroid dienone is 1. The molecule has 5 nitrogen and oxygen atoms in total. The number of ether oxygens (including phenoxy) is 1. The molecule has 29 heavy (non-hydrogen) atoms. The van der Waals surface area contributed by atoms with Crippen LogP contribution in [0.1, 0.15) is 29.7 Å². The minimum Gasteiger partial charge on any atom is -0.489 e. The second kappa shape index (κ2) is 8.92. The van der Waals surface area contributed by atoms with Crippen LogP contribution in [0, 0.1) is 13.8 Å². The monoisotopic (exact) mass is 407 g/mol. The van der Waals surface area contributed by atoms with Gasteiger partial charge in [0, 0.05) is 16.9 Å². The second-order valence-electron chi connectivity index (χ2n) is 6.98. The molecule has 0 unspecified atom stereocenters. The van der Waals surface area contributed by atoms with Gasteiger partial charge < -0.3 is 20.7 Å². The van der Waals surface area contributed by atoms with Crippen LogP contribution >= 0.6 is 12.2 Å². The van der Waals surface area contributed by atoms with E-state index in [0.29, 0.717) is 28.7 Å². The van der Waals surface area contributed by atoms with Gasteiger partial charge in [-0.3, -0.25) is 4.79 Å². The van der Waals surface area contributed by atoms with Crippen molar-refractivity contribution in [2.75, 3.05) is 11.9 Å². The largest absolute Gasteiger partial charge is 0.489 e. The lowest BCUT2D eigenvalue weighted by atomic mass is 9.94. The van der Waals surface area contributed by atoms with Crippen molar-refractivity contribution in [3.05, 3.63) is 83.1 Å². The average molecular weight is 408 g/mol. The Morgan fingerprint density at radius 2 is 2.00 bits per heavy atom. The molecule has 0 saturated heterocycles. The lowest BCUT2D eigenvalue weighted by Gasteiger charge is -2.31. The standard InChI is InChI=1S/C23H25N3O2S/c1-5-12-28-19-9-7-6-8-17(19)21-20(16(4)24-23(29)26-21)22(27)25-18-11-10-14(2)13-15(18)3/h5-11,13,21H,1,12H2,2-4H3,(H,25,27)(H2,24,26,29)/t21-/m0/s1. The molecule has 3 rings (SSSR count). The van der Waals surface area contributed by atoms with Crippen LogP contribution in [0.4, 0.5) is 5.69 Å². The SMILES string of the molecule is C=CCOc1ccccc1[C@@H]1NC(=S)NC(C)=C1C(=O)Nc1ccc(C)cc1C.